The van der Waals surface area contributed by atoms with Gasteiger partial charge in [0.05, 0.1) is 18.2 Å². The number of ether oxygens (including phenoxy) is 1. The van der Waals surface area contributed by atoms with E-state index >= 15 is 0 Å². The van der Waals surface area contributed by atoms with Crippen molar-refractivity contribution in [1.29, 1.82) is 5.26 Å². The van der Waals surface area contributed by atoms with Gasteiger partial charge in [-0.3, -0.25) is 4.99 Å². The summed E-state index contributed by atoms with van der Waals surface area (Å²) < 4.78 is 8.03. The highest BCUT2D eigenvalue weighted by Crippen LogP contribution is 2.44. The summed E-state index contributed by atoms with van der Waals surface area (Å²) in [6, 6.07) is 14.0. The Bertz CT molecular complexity index is 1320. The first-order valence-electron chi connectivity index (χ1n) is 11.9. The largest absolute Gasteiger partial charge is 0.478 e. The van der Waals surface area contributed by atoms with E-state index in [-0.39, 0.29) is 5.56 Å². The molecule has 0 amide bonds. The summed E-state index contributed by atoms with van der Waals surface area (Å²) in [6.07, 6.45) is 4.38. The third kappa shape index (κ3) is 3.91. The number of aromatic carboxylic acids is 1. The lowest BCUT2D eigenvalue weighted by Gasteiger charge is -2.30. The van der Waals surface area contributed by atoms with Gasteiger partial charge >= 0.3 is 5.97 Å². The van der Waals surface area contributed by atoms with Crippen LogP contribution in [0.1, 0.15) is 60.3 Å². The van der Waals surface area contributed by atoms with E-state index in [0.717, 1.165) is 65.9 Å². The predicted molar refractivity (Wildman–Crippen MR) is 132 cm³/mol. The molecule has 0 aliphatic carbocycles. The molecule has 2 aliphatic rings. The van der Waals surface area contributed by atoms with Gasteiger partial charge in [0.25, 0.3) is 0 Å². The molecule has 0 atom stereocenters. The normalized spacial score (nSPS) is 16.0. The molecule has 0 spiro atoms. The number of nitrogens with zero attached hydrogens (tertiary/aromatic N) is 3. The molecule has 1 aromatic heterocycles. The fourth-order valence-electron chi connectivity index (χ4n) is 5.39. The molecular weight excluding hydrogens is 426 g/mol. The molecule has 2 aliphatic heterocycles. The average Bonchev–Trinajstić information content (AvgIpc) is 3.41. The van der Waals surface area contributed by atoms with Crippen LogP contribution in [0.3, 0.4) is 0 Å². The Labute approximate surface area is 199 Å². The molecule has 6 nitrogen and oxygen atoms in total. The number of aromatic nitrogens is 1. The molecule has 3 heterocycles. The van der Waals surface area contributed by atoms with Gasteiger partial charge < -0.3 is 14.4 Å². The van der Waals surface area contributed by atoms with Gasteiger partial charge in [0.15, 0.2) is 0 Å². The van der Waals surface area contributed by atoms with Gasteiger partial charge in [0.2, 0.25) is 0 Å². The zero-order valence-electron chi connectivity index (χ0n) is 19.7. The lowest BCUT2D eigenvalue weighted by molar-refractivity contribution is 0.0612. The van der Waals surface area contributed by atoms with Crippen LogP contribution in [0, 0.1) is 17.2 Å². The van der Waals surface area contributed by atoms with Gasteiger partial charge in [-0.25, -0.2) is 4.79 Å². The van der Waals surface area contributed by atoms with Crippen LogP contribution in [0.5, 0.6) is 0 Å². The zero-order valence-corrected chi connectivity index (χ0v) is 19.7. The van der Waals surface area contributed by atoms with Crippen LogP contribution in [0.2, 0.25) is 0 Å². The lowest BCUT2D eigenvalue weighted by atomic mass is 9.81. The number of fused-ring (bicyclic) bond motifs is 2. The maximum absolute atomic E-state index is 11.5. The standard InChI is InChI=1S/C28H29N3O3/c1-28(2,9-10-29)26-25(19-3-5-20(6-4-19)27(32)33)23-13-21-15-30-16-22(21)14-24(23)31(26)17-18-7-11-34-12-8-18/h3-6,13-14,16,18H,7-9,11-12,15,17H2,1-2H3,(H,32,33). The number of carboxylic acid groups (broad SMARTS) is 1. The number of rotatable bonds is 6. The van der Waals surface area contributed by atoms with E-state index in [1.54, 1.807) is 12.1 Å². The molecule has 1 fully saturated rings. The van der Waals surface area contributed by atoms with Crippen molar-refractivity contribution in [2.45, 2.75) is 51.6 Å². The van der Waals surface area contributed by atoms with Crippen molar-refractivity contribution in [3.05, 3.63) is 58.8 Å². The van der Waals surface area contributed by atoms with Crippen molar-refractivity contribution in [3.63, 3.8) is 0 Å². The minimum atomic E-state index is -0.937. The van der Waals surface area contributed by atoms with Crippen LogP contribution in [0.15, 0.2) is 41.4 Å². The van der Waals surface area contributed by atoms with E-state index < -0.39 is 11.4 Å². The molecule has 6 heteroatoms. The second-order valence-corrected chi connectivity index (χ2v) is 10.0. The first kappa shape index (κ1) is 22.4. The van der Waals surface area contributed by atoms with Crippen molar-refractivity contribution in [2.24, 2.45) is 10.9 Å². The summed E-state index contributed by atoms with van der Waals surface area (Å²) in [4.78, 5) is 15.9. The van der Waals surface area contributed by atoms with Crippen molar-refractivity contribution in [3.8, 4) is 17.2 Å². The summed E-state index contributed by atoms with van der Waals surface area (Å²) in [5.41, 5.74) is 6.57. The summed E-state index contributed by atoms with van der Waals surface area (Å²) >= 11 is 0. The number of hydrogen-bond acceptors (Lipinski definition) is 4. The minimum absolute atomic E-state index is 0.266. The molecule has 3 aromatic rings. The van der Waals surface area contributed by atoms with Crippen LogP contribution in [0.4, 0.5) is 0 Å². The Balaban J connectivity index is 1.79. The van der Waals surface area contributed by atoms with Crippen molar-refractivity contribution in [2.75, 3.05) is 13.2 Å². The van der Waals surface area contributed by atoms with Crippen molar-refractivity contribution < 1.29 is 14.6 Å². The van der Waals surface area contributed by atoms with Crippen LogP contribution >= 0.6 is 0 Å². The second-order valence-electron chi connectivity index (χ2n) is 10.0. The number of nitriles is 1. The van der Waals surface area contributed by atoms with Gasteiger partial charge in [0.1, 0.15) is 0 Å². The molecule has 174 valence electrons. The molecule has 0 radical (unpaired) electrons. The molecule has 5 rings (SSSR count). The Hall–Kier alpha value is -3.43. The number of carboxylic acids is 1. The molecule has 0 saturated carbocycles. The molecule has 34 heavy (non-hydrogen) atoms. The lowest BCUT2D eigenvalue weighted by Crippen LogP contribution is -2.26. The van der Waals surface area contributed by atoms with Crippen LogP contribution < -0.4 is 0 Å². The highest BCUT2D eigenvalue weighted by molar-refractivity contribution is 6.03. The van der Waals surface area contributed by atoms with E-state index in [9.17, 15) is 15.2 Å². The van der Waals surface area contributed by atoms with Gasteiger partial charge in [-0.2, -0.15) is 5.26 Å². The smallest absolute Gasteiger partial charge is 0.335 e. The fraction of sp³-hybridized carbons (Fsp3) is 0.393. The van der Waals surface area contributed by atoms with Crippen molar-refractivity contribution in [1.82, 2.24) is 4.57 Å². The first-order chi connectivity index (χ1) is 16.4. The quantitative estimate of drug-likeness (QED) is 0.527. The Morgan fingerprint density at radius 3 is 2.65 bits per heavy atom. The van der Waals surface area contributed by atoms with Gasteiger partial charge in [-0.1, -0.05) is 26.0 Å². The molecular formula is C28H29N3O3. The third-order valence-corrected chi connectivity index (χ3v) is 7.18. The highest BCUT2D eigenvalue weighted by Gasteiger charge is 2.33. The summed E-state index contributed by atoms with van der Waals surface area (Å²) in [7, 11) is 0. The van der Waals surface area contributed by atoms with Gasteiger partial charge in [-0.05, 0) is 59.7 Å². The Morgan fingerprint density at radius 2 is 1.97 bits per heavy atom. The molecule has 1 saturated heterocycles. The Morgan fingerprint density at radius 1 is 1.24 bits per heavy atom. The Kier molecular flexibility index (Phi) is 5.75. The molecule has 1 N–H and O–H groups in total. The number of aliphatic imine (C=N–C) groups is 1. The maximum atomic E-state index is 11.5. The summed E-state index contributed by atoms with van der Waals surface area (Å²) in [6.45, 7) is 7.38. The number of benzene rings is 2. The second kappa shape index (κ2) is 8.73. The highest BCUT2D eigenvalue weighted by atomic mass is 16.5. The van der Waals surface area contributed by atoms with Gasteiger partial charge in [0, 0.05) is 60.0 Å². The topological polar surface area (TPSA) is 87.6 Å². The van der Waals surface area contributed by atoms with Crippen LogP contribution in [-0.2, 0) is 23.2 Å². The average molecular weight is 456 g/mol. The van der Waals surface area contributed by atoms with E-state index in [0.29, 0.717) is 18.9 Å². The van der Waals surface area contributed by atoms with E-state index in [2.05, 4.69) is 41.6 Å². The summed E-state index contributed by atoms with van der Waals surface area (Å²) in [5, 5.41) is 20.2. The zero-order chi connectivity index (χ0) is 23.9. The fourth-order valence-corrected chi connectivity index (χ4v) is 5.39. The van der Waals surface area contributed by atoms with E-state index in [1.807, 2.05) is 18.3 Å². The number of carbonyl (C=O) groups is 1. The van der Waals surface area contributed by atoms with Crippen LogP contribution in [-0.4, -0.2) is 35.1 Å². The number of hydrogen-bond donors (Lipinski definition) is 1. The van der Waals surface area contributed by atoms with Crippen LogP contribution in [0.25, 0.3) is 22.0 Å². The SMILES string of the molecule is CC(C)(CC#N)c1c(-c2ccc(C(=O)O)cc2)c2cc3c(cc2n1CC1CCOCC1)C=NC3. The molecule has 2 aromatic carbocycles. The third-order valence-electron chi connectivity index (χ3n) is 7.18. The van der Waals surface area contributed by atoms with E-state index in [1.165, 1.54) is 5.56 Å². The molecule has 0 unspecified atom stereocenters. The maximum Gasteiger partial charge on any atom is 0.335 e. The first-order valence-corrected chi connectivity index (χ1v) is 11.9. The minimum Gasteiger partial charge on any atom is -0.478 e. The monoisotopic (exact) mass is 455 g/mol. The van der Waals surface area contributed by atoms with Crippen molar-refractivity contribution >= 4 is 23.1 Å². The van der Waals surface area contributed by atoms with E-state index in [4.69, 9.17) is 4.74 Å². The van der Waals surface area contributed by atoms with Gasteiger partial charge in [-0.15, -0.1) is 0 Å². The predicted octanol–water partition coefficient (Wildman–Crippen LogP) is 5.56. The summed E-state index contributed by atoms with van der Waals surface area (Å²) in [5.74, 6) is -0.432. The molecule has 0 bridgehead atoms.